The van der Waals surface area contributed by atoms with Gasteiger partial charge in [-0.05, 0) is 37.5 Å². The summed E-state index contributed by atoms with van der Waals surface area (Å²) in [5.41, 5.74) is 0.415. The Morgan fingerprint density at radius 2 is 1.95 bits per heavy atom. The maximum absolute atomic E-state index is 12.5. The molecule has 1 aliphatic carbocycles. The Kier molecular flexibility index (Phi) is 5.46. The summed E-state index contributed by atoms with van der Waals surface area (Å²) in [7, 11) is -3.55. The highest BCUT2D eigenvalue weighted by molar-refractivity contribution is 9.10. The molecule has 1 fully saturated rings. The summed E-state index contributed by atoms with van der Waals surface area (Å²) in [4.78, 5) is 0.292. The van der Waals surface area contributed by atoms with Gasteiger partial charge >= 0.3 is 0 Å². The van der Waals surface area contributed by atoms with Crippen molar-refractivity contribution in [2.24, 2.45) is 5.41 Å². The van der Waals surface area contributed by atoms with Gasteiger partial charge in [0, 0.05) is 23.0 Å². The number of halogens is 1. The van der Waals surface area contributed by atoms with E-state index in [0.29, 0.717) is 17.0 Å². The minimum atomic E-state index is -3.55. The van der Waals surface area contributed by atoms with E-state index < -0.39 is 10.0 Å². The van der Waals surface area contributed by atoms with E-state index in [1.807, 2.05) is 6.07 Å². The van der Waals surface area contributed by atoms with Crippen molar-refractivity contribution >= 4 is 26.0 Å². The van der Waals surface area contributed by atoms with Crippen molar-refractivity contribution < 1.29 is 13.5 Å². The number of sulfonamides is 1. The van der Waals surface area contributed by atoms with Gasteiger partial charge in [0.1, 0.15) is 0 Å². The molecule has 0 unspecified atom stereocenters. The molecule has 0 amide bonds. The van der Waals surface area contributed by atoms with E-state index >= 15 is 0 Å². The topological polar surface area (TPSA) is 66.4 Å². The summed E-state index contributed by atoms with van der Waals surface area (Å²) in [6, 6.07) is 5.22. The highest BCUT2D eigenvalue weighted by Crippen LogP contribution is 2.35. The van der Waals surface area contributed by atoms with Crippen LogP contribution in [0.5, 0.6) is 0 Å². The van der Waals surface area contributed by atoms with E-state index in [0.717, 1.165) is 30.2 Å². The second-order valence-corrected chi connectivity index (χ2v) is 8.60. The van der Waals surface area contributed by atoms with Crippen LogP contribution in [0.2, 0.25) is 0 Å². The van der Waals surface area contributed by atoms with Crippen LogP contribution in [0.4, 0.5) is 0 Å². The number of hydrogen-bond donors (Lipinski definition) is 2. The second-order valence-electron chi connectivity index (χ2n) is 5.95. The van der Waals surface area contributed by atoms with E-state index in [1.165, 1.54) is 6.42 Å². The molecule has 6 heteroatoms. The first-order valence-corrected chi connectivity index (χ1v) is 9.53. The zero-order chi connectivity index (χ0) is 15.5. The zero-order valence-corrected chi connectivity index (χ0v) is 14.6. The molecule has 0 aromatic heterocycles. The fourth-order valence-electron chi connectivity index (χ4n) is 2.88. The van der Waals surface area contributed by atoms with E-state index in [2.05, 4.69) is 20.7 Å². The molecule has 4 nitrogen and oxygen atoms in total. The van der Waals surface area contributed by atoms with Gasteiger partial charge in [-0.25, -0.2) is 13.1 Å². The van der Waals surface area contributed by atoms with Gasteiger partial charge in [-0.2, -0.15) is 0 Å². The minimum absolute atomic E-state index is 0.0347. The van der Waals surface area contributed by atoms with E-state index in [-0.39, 0.29) is 12.0 Å². The lowest BCUT2D eigenvalue weighted by Crippen LogP contribution is -2.41. The second kappa shape index (κ2) is 6.77. The molecule has 0 heterocycles. The number of hydrogen-bond acceptors (Lipinski definition) is 3. The maximum atomic E-state index is 12.5. The molecule has 0 saturated heterocycles. The van der Waals surface area contributed by atoms with E-state index in [9.17, 15) is 13.5 Å². The Labute approximate surface area is 135 Å². The van der Waals surface area contributed by atoms with Crippen LogP contribution >= 0.6 is 15.9 Å². The molecular formula is C15H22BrNO3S. The number of aliphatic hydroxyl groups is 1. The third-order valence-corrected chi connectivity index (χ3v) is 6.36. The first-order valence-electron chi connectivity index (χ1n) is 7.25. The monoisotopic (exact) mass is 375 g/mol. The molecule has 0 bridgehead atoms. The van der Waals surface area contributed by atoms with Gasteiger partial charge in [0.05, 0.1) is 4.90 Å². The fraction of sp³-hybridized carbons (Fsp3) is 0.600. The Balaban J connectivity index is 2.15. The molecule has 0 spiro atoms. The molecule has 2 rings (SSSR count). The van der Waals surface area contributed by atoms with Crippen molar-refractivity contribution in [2.45, 2.75) is 43.9 Å². The summed E-state index contributed by atoms with van der Waals surface area (Å²) >= 11 is 3.31. The van der Waals surface area contributed by atoms with E-state index in [1.54, 1.807) is 19.1 Å². The predicted molar refractivity (Wildman–Crippen MR) is 86.7 cm³/mol. The average molecular weight is 376 g/mol. The van der Waals surface area contributed by atoms with Crippen LogP contribution in [0.25, 0.3) is 0 Å². The fourth-order valence-corrected chi connectivity index (χ4v) is 4.82. The normalized spacial score (nSPS) is 18.6. The van der Waals surface area contributed by atoms with E-state index in [4.69, 9.17) is 0 Å². The standard InChI is InChI=1S/C15H22BrNO3S/c1-12-5-6-13(16)9-14(12)21(19,20)17-10-15(11-18)7-3-2-4-8-15/h5-6,9,17-18H,2-4,7-8,10-11H2,1H3. The molecule has 2 N–H and O–H groups in total. The van der Waals surface area contributed by atoms with Crippen LogP contribution in [0.15, 0.2) is 27.6 Å². The van der Waals surface area contributed by atoms with Crippen LogP contribution < -0.4 is 4.72 Å². The molecule has 1 saturated carbocycles. The van der Waals surface area contributed by atoms with Crippen molar-refractivity contribution in [2.75, 3.05) is 13.2 Å². The zero-order valence-electron chi connectivity index (χ0n) is 12.2. The largest absolute Gasteiger partial charge is 0.396 e. The van der Waals surface area contributed by atoms with Crippen molar-refractivity contribution in [3.63, 3.8) is 0 Å². The van der Waals surface area contributed by atoms with Gasteiger partial charge in [0.2, 0.25) is 10.0 Å². The van der Waals surface area contributed by atoms with Gasteiger partial charge in [-0.1, -0.05) is 41.3 Å². The van der Waals surface area contributed by atoms with Crippen molar-refractivity contribution in [1.82, 2.24) is 4.72 Å². The Morgan fingerprint density at radius 3 is 2.57 bits per heavy atom. The summed E-state index contributed by atoms with van der Waals surface area (Å²) in [5, 5.41) is 9.67. The van der Waals surface area contributed by atoms with Crippen LogP contribution in [-0.2, 0) is 10.0 Å². The first kappa shape index (κ1) is 16.9. The quantitative estimate of drug-likeness (QED) is 0.830. The lowest BCUT2D eigenvalue weighted by molar-refractivity contribution is 0.0867. The highest BCUT2D eigenvalue weighted by atomic mass is 79.9. The third-order valence-electron chi connectivity index (χ3n) is 4.33. The average Bonchev–Trinajstić information content (AvgIpc) is 2.49. The number of aliphatic hydroxyl groups excluding tert-OH is 1. The predicted octanol–water partition coefficient (Wildman–Crippen LogP) is 2.98. The molecular weight excluding hydrogens is 354 g/mol. The highest BCUT2D eigenvalue weighted by Gasteiger charge is 2.33. The summed E-state index contributed by atoms with van der Waals surface area (Å²) in [6.45, 7) is 2.12. The molecule has 1 aromatic rings. The van der Waals surface area contributed by atoms with Crippen molar-refractivity contribution in [3.05, 3.63) is 28.2 Å². The van der Waals surface area contributed by atoms with Crippen LogP contribution in [0.1, 0.15) is 37.7 Å². The molecule has 21 heavy (non-hydrogen) atoms. The Bertz CT molecular complexity index is 595. The van der Waals surface area contributed by atoms with Crippen molar-refractivity contribution in [1.29, 1.82) is 0 Å². The molecule has 1 aliphatic rings. The number of nitrogens with one attached hydrogen (secondary N) is 1. The summed E-state index contributed by atoms with van der Waals surface area (Å²) in [5.74, 6) is 0. The molecule has 118 valence electrons. The van der Waals surface area contributed by atoms with Crippen LogP contribution in [-0.4, -0.2) is 26.7 Å². The Hall–Kier alpha value is -0.430. The lowest BCUT2D eigenvalue weighted by Gasteiger charge is -2.35. The SMILES string of the molecule is Cc1ccc(Br)cc1S(=O)(=O)NCC1(CO)CCCCC1. The van der Waals surface area contributed by atoms with Crippen molar-refractivity contribution in [3.8, 4) is 0 Å². The molecule has 0 atom stereocenters. The summed E-state index contributed by atoms with van der Waals surface area (Å²) < 4.78 is 28.4. The van der Waals surface area contributed by atoms with Crippen LogP contribution in [0, 0.1) is 12.3 Å². The summed E-state index contributed by atoms with van der Waals surface area (Å²) in [6.07, 6.45) is 5.03. The minimum Gasteiger partial charge on any atom is -0.396 e. The van der Waals surface area contributed by atoms with Gasteiger partial charge in [0.15, 0.2) is 0 Å². The Morgan fingerprint density at radius 1 is 1.29 bits per heavy atom. The molecule has 0 aliphatic heterocycles. The lowest BCUT2D eigenvalue weighted by atomic mass is 9.75. The van der Waals surface area contributed by atoms with Gasteiger partial charge in [-0.15, -0.1) is 0 Å². The first-order chi connectivity index (χ1) is 9.88. The molecule has 1 aromatic carbocycles. The number of aryl methyl sites for hydroxylation is 1. The number of benzene rings is 1. The molecule has 0 radical (unpaired) electrons. The van der Waals surface area contributed by atoms with Gasteiger partial charge in [0.25, 0.3) is 0 Å². The smallest absolute Gasteiger partial charge is 0.240 e. The van der Waals surface area contributed by atoms with Crippen LogP contribution in [0.3, 0.4) is 0 Å². The van der Waals surface area contributed by atoms with Gasteiger partial charge in [-0.3, -0.25) is 0 Å². The third kappa shape index (κ3) is 4.06. The van der Waals surface area contributed by atoms with Gasteiger partial charge < -0.3 is 5.11 Å². The maximum Gasteiger partial charge on any atom is 0.240 e. The number of rotatable bonds is 5.